The van der Waals surface area contributed by atoms with Gasteiger partial charge in [0.1, 0.15) is 5.75 Å². The topological polar surface area (TPSA) is 64.3 Å². The van der Waals surface area contributed by atoms with Crippen molar-refractivity contribution in [3.63, 3.8) is 0 Å². The number of carbonyl (C=O) groups is 1. The molecular weight excluding hydrogens is 379 g/mol. The average Bonchev–Trinajstić information content (AvgIpc) is 2.43. The third kappa shape index (κ3) is 3.81. The number of halogens is 3. The number of ether oxygens (including phenoxy) is 1. The van der Waals surface area contributed by atoms with Gasteiger partial charge in [0, 0.05) is 21.8 Å². The molecule has 0 aliphatic heterocycles. The summed E-state index contributed by atoms with van der Waals surface area (Å²) in [5.74, 6) is 0.270. The Labute approximate surface area is 140 Å². The lowest BCUT2D eigenvalue weighted by atomic mass is 10.2. The molecule has 110 valence electrons. The van der Waals surface area contributed by atoms with E-state index in [1.807, 2.05) is 0 Å². The smallest absolute Gasteiger partial charge is 0.255 e. The molecular formula is C14H11BrCl2N2O2. The van der Waals surface area contributed by atoms with Gasteiger partial charge in [0.15, 0.2) is 0 Å². The Kier molecular flexibility index (Phi) is 4.98. The first-order valence-electron chi connectivity index (χ1n) is 5.81. The maximum absolute atomic E-state index is 12.2. The van der Waals surface area contributed by atoms with Gasteiger partial charge in [-0.15, -0.1) is 0 Å². The summed E-state index contributed by atoms with van der Waals surface area (Å²) in [6, 6.07) is 8.16. The van der Waals surface area contributed by atoms with Gasteiger partial charge in [-0.2, -0.15) is 0 Å². The number of nitrogens with two attached hydrogens (primary N) is 1. The fourth-order valence-corrected chi connectivity index (χ4v) is 2.63. The molecule has 0 radical (unpaired) electrons. The van der Waals surface area contributed by atoms with Gasteiger partial charge in [-0.3, -0.25) is 4.79 Å². The van der Waals surface area contributed by atoms with Crippen LogP contribution in [0, 0.1) is 0 Å². The van der Waals surface area contributed by atoms with Gasteiger partial charge in [-0.25, -0.2) is 0 Å². The molecule has 0 aromatic heterocycles. The zero-order chi connectivity index (χ0) is 15.6. The van der Waals surface area contributed by atoms with E-state index in [0.29, 0.717) is 17.0 Å². The third-order valence-electron chi connectivity index (χ3n) is 2.71. The quantitative estimate of drug-likeness (QED) is 0.754. The van der Waals surface area contributed by atoms with Crippen LogP contribution in [0.25, 0.3) is 0 Å². The highest BCUT2D eigenvalue weighted by molar-refractivity contribution is 9.10. The predicted octanol–water partition coefficient (Wildman–Crippen LogP) is 4.60. The van der Waals surface area contributed by atoms with Gasteiger partial charge < -0.3 is 15.8 Å². The lowest BCUT2D eigenvalue weighted by molar-refractivity contribution is 0.102. The molecule has 2 aromatic rings. The van der Waals surface area contributed by atoms with Crippen LogP contribution in [-0.2, 0) is 0 Å². The molecule has 4 nitrogen and oxygen atoms in total. The van der Waals surface area contributed by atoms with E-state index < -0.39 is 0 Å². The number of methoxy groups -OCH3 is 1. The molecule has 1 amide bonds. The summed E-state index contributed by atoms with van der Waals surface area (Å²) in [6.07, 6.45) is 0. The Morgan fingerprint density at radius 1 is 1.19 bits per heavy atom. The van der Waals surface area contributed by atoms with Gasteiger partial charge >= 0.3 is 0 Å². The van der Waals surface area contributed by atoms with Crippen LogP contribution in [0.1, 0.15) is 10.4 Å². The standard InChI is InChI=1S/C14H11BrCl2N2O2/c1-21-10-5-8(15)4-9(6-10)19-14(20)7-2-11(16)13(18)12(17)3-7/h2-6H,18H2,1H3,(H,19,20). The largest absolute Gasteiger partial charge is 0.497 e. The van der Waals surface area contributed by atoms with Crippen LogP contribution in [0.5, 0.6) is 5.75 Å². The van der Waals surface area contributed by atoms with Crippen molar-refractivity contribution in [2.45, 2.75) is 0 Å². The molecule has 7 heteroatoms. The molecule has 0 saturated heterocycles. The lowest BCUT2D eigenvalue weighted by Gasteiger charge is -2.10. The molecule has 3 N–H and O–H groups in total. The second-order valence-corrected chi connectivity index (χ2v) is 5.92. The summed E-state index contributed by atoms with van der Waals surface area (Å²) in [7, 11) is 1.55. The van der Waals surface area contributed by atoms with Gasteiger partial charge in [0.05, 0.1) is 22.8 Å². The van der Waals surface area contributed by atoms with Crippen LogP contribution in [0.2, 0.25) is 10.0 Å². The Morgan fingerprint density at radius 3 is 2.38 bits per heavy atom. The molecule has 0 atom stereocenters. The van der Waals surface area contributed by atoms with Gasteiger partial charge in [0.25, 0.3) is 5.91 Å². The Bertz CT molecular complexity index is 684. The van der Waals surface area contributed by atoms with Gasteiger partial charge in [0.2, 0.25) is 0 Å². The van der Waals surface area contributed by atoms with Crippen molar-refractivity contribution in [2.24, 2.45) is 0 Å². The van der Waals surface area contributed by atoms with E-state index in [1.54, 1.807) is 25.3 Å². The number of carbonyl (C=O) groups excluding carboxylic acids is 1. The molecule has 0 aliphatic carbocycles. The molecule has 2 aromatic carbocycles. The monoisotopic (exact) mass is 388 g/mol. The molecule has 2 rings (SSSR count). The maximum Gasteiger partial charge on any atom is 0.255 e. The van der Waals surface area contributed by atoms with E-state index in [9.17, 15) is 4.79 Å². The molecule has 0 spiro atoms. The minimum absolute atomic E-state index is 0.236. The number of hydrogen-bond donors (Lipinski definition) is 2. The number of benzene rings is 2. The summed E-state index contributed by atoms with van der Waals surface area (Å²) in [5.41, 5.74) is 6.79. The van der Waals surface area contributed by atoms with Crippen molar-refractivity contribution in [3.8, 4) is 5.75 Å². The number of nitrogen functional groups attached to an aromatic ring is 1. The summed E-state index contributed by atoms with van der Waals surface area (Å²) < 4.78 is 5.92. The highest BCUT2D eigenvalue weighted by atomic mass is 79.9. The van der Waals surface area contributed by atoms with E-state index in [2.05, 4.69) is 21.2 Å². The summed E-state index contributed by atoms with van der Waals surface area (Å²) in [4.78, 5) is 12.2. The van der Waals surface area contributed by atoms with E-state index in [0.717, 1.165) is 4.47 Å². The first-order valence-corrected chi connectivity index (χ1v) is 7.36. The zero-order valence-electron chi connectivity index (χ0n) is 10.9. The fourth-order valence-electron chi connectivity index (χ4n) is 1.67. The van der Waals surface area contributed by atoms with E-state index in [4.69, 9.17) is 33.7 Å². The molecule has 0 fully saturated rings. The predicted molar refractivity (Wildman–Crippen MR) is 89.5 cm³/mol. The van der Waals surface area contributed by atoms with E-state index >= 15 is 0 Å². The van der Waals surface area contributed by atoms with Crippen LogP contribution < -0.4 is 15.8 Å². The minimum Gasteiger partial charge on any atom is -0.497 e. The van der Waals surface area contributed by atoms with Crippen molar-refractivity contribution in [1.82, 2.24) is 0 Å². The lowest BCUT2D eigenvalue weighted by Crippen LogP contribution is -2.12. The number of anilines is 2. The molecule has 0 saturated carbocycles. The summed E-state index contributed by atoms with van der Waals surface area (Å²) in [5, 5.41) is 3.21. The number of hydrogen-bond acceptors (Lipinski definition) is 3. The van der Waals surface area contributed by atoms with Crippen molar-refractivity contribution in [2.75, 3.05) is 18.2 Å². The zero-order valence-corrected chi connectivity index (χ0v) is 14.0. The highest BCUT2D eigenvalue weighted by Gasteiger charge is 2.12. The first kappa shape index (κ1) is 15.9. The van der Waals surface area contributed by atoms with E-state index in [1.165, 1.54) is 12.1 Å². The average molecular weight is 390 g/mol. The van der Waals surface area contributed by atoms with Gasteiger partial charge in [-0.1, -0.05) is 39.1 Å². The molecule has 0 aliphatic rings. The minimum atomic E-state index is -0.348. The highest BCUT2D eigenvalue weighted by Crippen LogP contribution is 2.30. The van der Waals surface area contributed by atoms with Crippen LogP contribution >= 0.6 is 39.1 Å². The van der Waals surface area contributed by atoms with Crippen molar-refractivity contribution in [3.05, 3.63) is 50.4 Å². The molecule has 0 bridgehead atoms. The van der Waals surface area contributed by atoms with Crippen molar-refractivity contribution < 1.29 is 9.53 Å². The molecule has 0 unspecified atom stereocenters. The second-order valence-electron chi connectivity index (χ2n) is 4.19. The SMILES string of the molecule is COc1cc(Br)cc(NC(=O)c2cc(Cl)c(N)c(Cl)c2)c1. The van der Waals surface area contributed by atoms with Crippen molar-refractivity contribution >= 4 is 56.4 Å². The van der Waals surface area contributed by atoms with Crippen molar-refractivity contribution in [1.29, 1.82) is 0 Å². The van der Waals surface area contributed by atoms with Crippen LogP contribution in [-0.4, -0.2) is 13.0 Å². The molecule has 21 heavy (non-hydrogen) atoms. The number of rotatable bonds is 3. The Hall–Kier alpha value is -1.43. The summed E-state index contributed by atoms with van der Waals surface area (Å²) in [6.45, 7) is 0. The molecule has 0 heterocycles. The van der Waals surface area contributed by atoms with E-state index in [-0.39, 0.29) is 21.6 Å². The summed E-state index contributed by atoms with van der Waals surface area (Å²) >= 11 is 15.2. The first-order chi connectivity index (χ1) is 9.90. The van der Waals surface area contributed by atoms with Crippen LogP contribution in [0.3, 0.4) is 0 Å². The second kappa shape index (κ2) is 6.56. The van der Waals surface area contributed by atoms with Crippen LogP contribution in [0.4, 0.5) is 11.4 Å². The Balaban J connectivity index is 2.28. The fraction of sp³-hybridized carbons (Fsp3) is 0.0714. The Morgan fingerprint density at radius 2 is 1.81 bits per heavy atom. The van der Waals surface area contributed by atoms with Gasteiger partial charge in [-0.05, 0) is 24.3 Å². The third-order valence-corrected chi connectivity index (χ3v) is 3.79. The maximum atomic E-state index is 12.2. The number of amides is 1. The normalized spacial score (nSPS) is 10.3. The van der Waals surface area contributed by atoms with Crippen LogP contribution in [0.15, 0.2) is 34.8 Å². The number of nitrogens with one attached hydrogen (secondary N) is 1.